The minimum Gasteiger partial charge on any atom is -0.301 e. The van der Waals surface area contributed by atoms with Gasteiger partial charge in [-0.15, -0.1) is 0 Å². The van der Waals surface area contributed by atoms with Gasteiger partial charge >= 0.3 is 0 Å². The number of rotatable bonds is 4. The maximum atomic E-state index is 11.9. The standard InChI is InChI=1S/C9H19FN2/c1-2-11-6-8-12(9-7-11)5-3-4-10/h2-9H2,1H3. The maximum absolute atomic E-state index is 11.9. The highest BCUT2D eigenvalue weighted by atomic mass is 19.1. The summed E-state index contributed by atoms with van der Waals surface area (Å²) in [4.78, 5) is 4.79. The molecule has 1 aliphatic heterocycles. The fourth-order valence-corrected chi connectivity index (χ4v) is 1.61. The van der Waals surface area contributed by atoms with Crippen molar-refractivity contribution in [1.29, 1.82) is 0 Å². The summed E-state index contributed by atoms with van der Waals surface area (Å²) in [6.45, 7) is 8.66. The molecule has 0 unspecified atom stereocenters. The van der Waals surface area contributed by atoms with Crippen molar-refractivity contribution in [3.8, 4) is 0 Å². The van der Waals surface area contributed by atoms with Gasteiger partial charge in [0, 0.05) is 32.7 Å². The highest BCUT2D eigenvalue weighted by Gasteiger charge is 2.14. The Morgan fingerprint density at radius 2 is 1.67 bits per heavy atom. The van der Waals surface area contributed by atoms with Crippen LogP contribution in [0.2, 0.25) is 0 Å². The molecule has 1 aliphatic rings. The van der Waals surface area contributed by atoms with Crippen LogP contribution >= 0.6 is 0 Å². The quantitative estimate of drug-likeness (QED) is 0.627. The van der Waals surface area contributed by atoms with E-state index in [1.807, 2.05) is 0 Å². The van der Waals surface area contributed by atoms with E-state index < -0.39 is 0 Å². The number of alkyl halides is 1. The van der Waals surface area contributed by atoms with Crippen molar-refractivity contribution < 1.29 is 4.39 Å². The molecular formula is C9H19FN2. The molecule has 0 spiro atoms. The van der Waals surface area contributed by atoms with Crippen LogP contribution in [0.15, 0.2) is 0 Å². The molecule has 0 radical (unpaired) electrons. The number of hydrogen-bond acceptors (Lipinski definition) is 2. The first-order valence-electron chi connectivity index (χ1n) is 4.87. The molecule has 0 aromatic carbocycles. The molecule has 0 amide bonds. The van der Waals surface area contributed by atoms with Crippen LogP contribution in [-0.2, 0) is 0 Å². The summed E-state index contributed by atoms with van der Waals surface area (Å²) in [7, 11) is 0. The fourth-order valence-electron chi connectivity index (χ4n) is 1.61. The maximum Gasteiger partial charge on any atom is 0.0906 e. The lowest BCUT2D eigenvalue weighted by molar-refractivity contribution is 0.134. The van der Waals surface area contributed by atoms with Gasteiger partial charge in [-0.25, -0.2) is 0 Å². The van der Waals surface area contributed by atoms with Gasteiger partial charge in [-0.05, 0) is 13.0 Å². The zero-order valence-electron chi connectivity index (χ0n) is 7.93. The minimum absolute atomic E-state index is 0.173. The van der Waals surface area contributed by atoms with Crippen LogP contribution in [0.25, 0.3) is 0 Å². The third kappa shape index (κ3) is 3.07. The topological polar surface area (TPSA) is 6.48 Å². The molecular weight excluding hydrogens is 155 g/mol. The van der Waals surface area contributed by atoms with Crippen molar-refractivity contribution in [3.05, 3.63) is 0 Å². The first-order chi connectivity index (χ1) is 5.86. The van der Waals surface area contributed by atoms with Gasteiger partial charge in [0.25, 0.3) is 0 Å². The van der Waals surface area contributed by atoms with E-state index in [1.165, 1.54) is 0 Å². The Morgan fingerprint density at radius 1 is 1.08 bits per heavy atom. The van der Waals surface area contributed by atoms with Crippen molar-refractivity contribution in [2.45, 2.75) is 13.3 Å². The average molecular weight is 174 g/mol. The van der Waals surface area contributed by atoms with Crippen molar-refractivity contribution in [2.75, 3.05) is 45.9 Å². The number of likely N-dealkylation sites (N-methyl/N-ethyl adjacent to an activating group) is 1. The fraction of sp³-hybridized carbons (Fsp3) is 1.00. The van der Waals surface area contributed by atoms with E-state index in [1.54, 1.807) is 0 Å². The van der Waals surface area contributed by atoms with Gasteiger partial charge in [0.1, 0.15) is 0 Å². The van der Waals surface area contributed by atoms with E-state index in [9.17, 15) is 4.39 Å². The molecule has 2 nitrogen and oxygen atoms in total. The lowest BCUT2D eigenvalue weighted by atomic mass is 10.3. The van der Waals surface area contributed by atoms with Crippen LogP contribution < -0.4 is 0 Å². The summed E-state index contributed by atoms with van der Waals surface area (Å²) >= 11 is 0. The zero-order valence-corrected chi connectivity index (χ0v) is 7.93. The van der Waals surface area contributed by atoms with Gasteiger partial charge in [-0.3, -0.25) is 4.39 Å². The van der Waals surface area contributed by atoms with Crippen molar-refractivity contribution >= 4 is 0 Å². The summed E-state index contributed by atoms with van der Waals surface area (Å²) in [5.74, 6) is 0. The van der Waals surface area contributed by atoms with Crippen molar-refractivity contribution in [1.82, 2.24) is 9.80 Å². The molecule has 0 atom stereocenters. The van der Waals surface area contributed by atoms with Crippen LogP contribution in [-0.4, -0.2) is 55.7 Å². The second-order valence-electron chi connectivity index (χ2n) is 3.32. The van der Waals surface area contributed by atoms with Crippen LogP contribution in [0.5, 0.6) is 0 Å². The minimum atomic E-state index is -0.173. The summed E-state index contributed by atoms with van der Waals surface area (Å²) in [5.41, 5.74) is 0. The monoisotopic (exact) mass is 174 g/mol. The highest BCUT2D eigenvalue weighted by Crippen LogP contribution is 2.01. The Balaban J connectivity index is 2.09. The number of hydrogen-bond donors (Lipinski definition) is 0. The van der Waals surface area contributed by atoms with Crippen molar-refractivity contribution in [2.24, 2.45) is 0 Å². The lowest BCUT2D eigenvalue weighted by Gasteiger charge is -2.33. The Hall–Kier alpha value is -0.150. The number of halogens is 1. The molecule has 0 bridgehead atoms. The Labute approximate surface area is 74.3 Å². The number of piperazine rings is 1. The van der Waals surface area contributed by atoms with Crippen LogP contribution in [0.3, 0.4) is 0 Å². The second-order valence-corrected chi connectivity index (χ2v) is 3.32. The summed E-state index contributed by atoms with van der Waals surface area (Å²) in [6.07, 6.45) is 0.701. The van der Waals surface area contributed by atoms with Gasteiger partial charge in [0.05, 0.1) is 6.67 Å². The molecule has 1 saturated heterocycles. The Kier molecular flexibility index (Phi) is 4.54. The van der Waals surface area contributed by atoms with Gasteiger partial charge in [-0.1, -0.05) is 6.92 Å². The molecule has 1 rings (SSSR count). The molecule has 72 valence electrons. The molecule has 0 aromatic rings. The van der Waals surface area contributed by atoms with E-state index in [0.29, 0.717) is 6.42 Å². The molecule has 1 fully saturated rings. The van der Waals surface area contributed by atoms with Gasteiger partial charge in [0.2, 0.25) is 0 Å². The molecule has 12 heavy (non-hydrogen) atoms. The predicted octanol–water partition coefficient (Wildman–Crippen LogP) is 0.983. The highest BCUT2D eigenvalue weighted by molar-refractivity contribution is 4.70. The summed E-state index contributed by atoms with van der Waals surface area (Å²) in [6, 6.07) is 0. The molecule has 0 aromatic heterocycles. The van der Waals surface area contributed by atoms with E-state index in [4.69, 9.17) is 0 Å². The first-order valence-corrected chi connectivity index (χ1v) is 4.87. The number of nitrogens with zero attached hydrogens (tertiary/aromatic N) is 2. The van der Waals surface area contributed by atoms with Gasteiger partial charge < -0.3 is 9.80 Å². The second kappa shape index (κ2) is 5.49. The summed E-state index contributed by atoms with van der Waals surface area (Å²) < 4.78 is 11.9. The molecule has 0 aliphatic carbocycles. The van der Waals surface area contributed by atoms with Gasteiger partial charge in [-0.2, -0.15) is 0 Å². The zero-order chi connectivity index (χ0) is 8.81. The lowest BCUT2D eigenvalue weighted by Crippen LogP contribution is -2.46. The Bertz CT molecular complexity index is 111. The Morgan fingerprint density at radius 3 is 2.17 bits per heavy atom. The summed E-state index contributed by atoms with van der Waals surface area (Å²) in [5, 5.41) is 0. The molecule has 0 N–H and O–H groups in total. The van der Waals surface area contributed by atoms with Crippen LogP contribution in [0.4, 0.5) is 4.39 Å². The first kappa shape index (κ1) is 9.93. The van der Waals surface area contributed by atoms with Crippen molar-refractivity contribution in [3.63, 3.8) is 0 Å². The molecule has 1 heterocycles. The van der Waals surface area contributed by atoms with Crippen LogP contribution in [0.1, 0.15) is 13.3 Å². The predicted molar refractivity (Wildman–Crippen MR) is 49.1 cm³/mol. The normalized spacial score (nSPS) is 21.5. The largest absolute Gasteiger partial charge is 0.301 e. The average Bonchev–Trinajstić information content (AvgIpc) is 2.15. The van der Waals surface area contributed by atoms with E-state index in [0.717, 1.165) is 39.3 Å². The van der Waals surface area contributed by atoms with E-state index in [2.05, 4.69) is 16.7 Å². The van der Waals surface area contributed by atoms with Crippen LogP contribution in [0, 0.1) is 0 Å². The molecule has 3 heteroatoms. The third-order valence-electron chi connectivity index (χ3n) is 2.52. The third-order valence-corrected chi connectivity index (χ3v) is 2.52. The van der Waals surface area contributed by atoms with E-state index >= 15 is 0 Å². The van der Waals surface area contributed by atoms with E-state index in [-0.39, 0.29) is 6.67 Å². The van der Waals surface area contributed by atoms with Gasteiger partial charge in [0.15, 0.2) is 0 Å². The smallest absolute Gasteiger partial charge is 0.0906 e. The molecule has 0 saturated carbocycles. The SMILES string of the molecule is CCN1CCN(CCCF)CC1.